The molecule has 3 rings (SSSR count). The van der Waals surface area contributed by atoms with Gasteiger partial charge in [0, 0.05) is 12.1 Å². The van der Waals surface area contributed by atoms with Gasteiger partial charge >= 0.3 is 0 Å². The van der Waals surface area contributed by atoms with E-state index in [9.17, 15) is 4.79 Å². The van der Waals surface area contributed by atoms with Gasteiger partial charge in [0.15, 0.2) is 0 Å². The van der Waals surface area contributed by atoms with E-state index in [2.05, 4.69) is 16.7 Å². The molecule has 3 aromatic rings. The molecule has 6 heteroatoms. The molecule has 0 aliphatic rings. The number of hydrogen-bond donors (Lipinski definition) is 0. The minimum Gasteiger partial charge on any atom is -0.337 e. The molecular weight excluding hydrogens is 310 g/mol. The van der Waals surface area contributed by atoms with Gasteiger partial charge < -0.3 is 9.42 Å². The van der Waals surface area contributed by atoms with Crippen molar-refractivity contribution in [2.24, 2.45) is 0 Å². The van der Waals surface area contributed by atoms with Crippen LogP contribution in [0.3, 0.4) is 0 Å². The van der Waals surface area contributed by atoms with Crippen LogP contribution in [0, 0.1) is 0 Å². The smallest absolute Gasteiger partial charge is 0.264 e. The van der Waals surface area contributed by atoms with Crippen LogP contribution in [0.15, 0.2) is 65.0 Å². The third kappa shape index (κ3) is 3.54. The predicted molar refractivity (Wildman–Crippen MR) is 89.0 cm³/mol. The van der Waals surface area contributed by atoms with Gasteiger partial charge in [-0.2, -0.15) is 4.98 Å². The van der Waals surface area contributed by atoms with E-state index in [1.54, 1.807) is 17.0 Å². The molecule has 0 saturated heterocycles. The third-order valence-electron chi connectivity index (χ3n) is 3.19. The molecular formula is C17H15N3O2S. The molecule has 0 aliphatic carbocycles. The van der Waals surface area contributed by atoms with Crippen LogP contribution >= 0.6 is 11.3 Å². The topological polar surface area (TPSA) is 59.2 Å². The van der Waals surface area contributed by atoms with Crippen molar-refractivity contribution in [3.63, 3.8) is 0 Å². The maximum Gasteiger partial charge on any atom is 0.264 e. The van der Waals surface area contributed by atoms with Crippen molar-refractivity contribution in [1.82, 2.24) is 15.0 Å². The van der Waals surface area contributed by atoms with Crippen molar-refractivity contribution in [1.29, 1.82) is 0 Å². The summed E-state index contributed by atoms with van der Waals surface area (Å²) >= 11 is 1.41. The van der Waals surface area contributed by atoms with Crippen LogP contribution < -0.4 is 0 Å². The number of carbonyl (C=O) groups excluding carboxylic acids is 1. The second kappa shape index (κ2) is 7.02. The van der Waals surface area contributed by atoms with Gasteiger partial charge in [0.25, 0.3) is 5.91 Å². The first-order valence-electron chi connectivity index (χ1n) is 7.09. The number of amides is 1. The Labute approximate surface area is 137 Å². The highest BCUT2D eigenvalue weighted by Crippen LogP contribution is 2.17. The molecule has 0 fully saturated rings. The standard InChI is InChI=1S/C17H15N3O2S/c1-2-10-20(17(21)14-9-6-11-23-14)12-15-18-16(19-22-15)13-7-4-3-5-8-13/h2-9,11H,1,10,12H2. The largest absolute Gasteiger partial charge is 0.337 e. The Morgan fingerprint density at radius 2 is 2.09 bits per heavy atom. The van der Waals surface area contributed by atoms with E-state index < -0.39 is 0 Å². The minimum absolute atomic E-state index is 0.0700. The van der Waals surface area contributed by atoms with E-state index in [-0.39, 0.29) is 12.5 Å². The highest BCUT2D eigenvalue weighted by molar-refractivity contribution is 7.12. The average molecular weight is 325 g/mol. The van der Waals surface area contributed by atoms with Crippen molar-refractivity contribution < 1.29 is 9.32 Å². The number of benzene rings is 1. The summed E-state index contributed by atoms with van der Waals surface area (Å²) in [6, 6.07) is 13.2. The first kappa shape index (κ1) is 15.2. The van der Waals surface area contributed by atoms with Crippen LogP contribution in [-0.2, 0) is 6.54 Å². The minimum atomic E-state index is -0.0700. The zero-order valence-corrected chi connectivity index (χ0v) is 13.2. The molecule has 1 aromatic carbocycles. The lowest BCUT2D eigenvalue weighted by molar-refractivity contribution is 0.0750. The molecule has 0 N–H and O–H groups in total. The van der Waals surface area contributed by atoms with E-state index >= 15 is 0 Å². The van der Waals surface area contributed by atoms with E-state index in [4.69, 9.17) is 4.52 Å². The van der Waals surface area contributed by atoms with E-state index in [1.165, 1.54) is 11.3 Å². The molecule has 1 amide bonds. The Morgan fingerprint density at radius 3 is 2.78 bits per heavy atom. The lowest BCUT2D eigenvalue weighted by Crippen LogP contribution is -2.30. The first-order valence-corrected chi connectivity index (χ1v) is 7.97. The van der Waals surface area contributed by atoms with Crippen molar-refractivity contribution >= 4 is 17.2 Å². The summed E-state index contributed by atoms with van der Waals surface area (Å²) in [5, 5.41) is 5.85. The van der Waals surface area contributed by atoms with Crippen LogP contribution in [0.5, 0.6) is 0 Å². The van der Waals surface area contributed by atoms with Crippen LogP contribution in [0.25, 0.3) is 11.4 Å². The zero-order valence-electron chi connectivity index (χ0n) is 12.4. The SMILES string of the molecule is C=CCN(Cc1nc(-c2ccccc2)no1)C(=O)c1cccs1. The second-order valence-electron chi connectivity index (χ2n) is 4.83. The molecule has 0 spiro atoms. The number of rotatable bonds is 6. The number of thiophene rings is 1. The number of hydrogen-bond acceptors (Lipinski definition) is 5. The summed E-state index contributed by atoms with van der Waals surface area (Å²) in [5.41, 5.74) is 0.877. The van der Waals surface area contributed by atoms with Gasteiger partial charge in [-0.1, -0.05) is 47.6 Å². The van der Waals surface area contributed by atoms with E-state index in [0.717, 1.165) is 5.56 Å². The summed E-state index contributed by atoms with van der Waals surface area (Å²) < 4.78 is 5.28. The highest BCUT2D eigenvalue weighted by Gasteiger charge is 2.19. The molecule has 0 aliphatic heterocycles. The maximum absolute atomic E-state index is 12.5. The summed E-state index contributed by atoms with van der Waals surface area (Å²) in [5.74, 6) is 0.845. The van der Waals surface area contributed by atoms with Gasteiger partial charge in [-0.3, -0.25) is 4.79 Å². The Morgan fingerprint density at radius 1 is 1.26 bits per heavy atom. The first-order chi connectivity index (χ1) is 11.3. The fourth-order valence-corrected chi connectivity index (χ4v) is 2.81. The maximum atomic E-state index is 12.5. The van der Waals surface area contributed by atoms with Crippen LogP contribution in [0.4, 0.5) is 0 Å². The Kier molecular flexibility index (Phi) is 4.63. The van der Waals surface area contributed by atoms with Crippen LogP contribution in [0.2, 0.25) is 0 Å². The monoisotopic (exact) mass is 325 g/mol. The quantitative estimate of drug-likeness (QED) is 0.649. The van der Waals surface area contributed by atoms with Gasteiger partial charge in [0.1, 0.15) is 6.54 Å². The van der Waals surface area contributed by atoms with Crippen molar-refractivity contribution in [3.8, 4) is 11.4 Å². The Bertz CT molecular complexity index is 781. The third-order valence-corrected chi connectivity index (χ3v) is 4.05. The normalized spacial score (nSPS) is 10.4. The van der Waals surface area contributed by atoms with Gasteiger partial charge in [0.05, 0.1) is 4.88 Å². The molecule has 0 unspecified atom stereocenters. The Hall–Kier alpha value is -2.73. The fourth-order valence-electron chi connectivity index (χ4n) is 2.12. The summed E-state index contributed by atoms with van der Waals surface area (Å²) in [6.45, 7) is 4.37. The van der Waals surface area contributed by atoms with Gasteiger partial charge in [-0.05, 0) is 11.4 Å². The van der Waals surface area contributed by atoms with Gasteiger partial charge in [0.2, 0.25) is 11.7 Å². The van der Waals surface area contributed by atoms with Crippen LogP contribution in [0.1, 0.15) is 15.6 Å². The van der Waals surface area contributed by atoms with Crippen molar-refractivity contribution in [3.05, 3.63) is 71.3 Å². The summed E-state index contributed by atoms with van der Waals surface area (Å²) in [6.07, 6.45) is 1.68. The number of carbonyl (C=O) groups is 1. The molecule has 0 radical (unpaired) electrons. The molecule has 23 heavy (non-hydrogen) atoms. The predicted octanol–water partition coefficient (Wildman–Crippen LogP) is 3.63. The molecule has 116 valence electrons. The van der Waals surface area contributed by atoms with E-state index in [0.29, 0.717) is 23.1 Å². The van der Waals surface area contributed by atoms with E-state index in [1.807, 2.05) is 41.8 Å². The van der Waals surface area contributed by atoms with Crippen molar-refractivity contribution in [2.75, 3.05) is 6.54 Å². The molecule has 5 nitrogen and oxygen atoms in total. The Balaban J connectivity index is 1.77. The summed E-state index contributed by atoms with van der Waals surface area (Å²) in [4.78, 5) is 19.1. The second-order valence-corrected chi connectivity index (χ2v) is 5.78. The lowest BCUT2D eigenvalue weighted by Gasteiger charge is -2.17. The fraction of sp³-hybridized carbons (Fsp3) is 0.118. The molecule has 0 atom stereocenters. The molecule has 0 bridgehead atoms. The van der Waals surface area contributed by atoms with Crippen LogP contribution in [-0.4, -0.2) is 27.5 Å². The highest BCUT2D eigenvalue weighted by atomic mass is 32.1. The summed E-state index contributed by atoms with van der Waals surface area (Å²) in [7, 11) is 0. The molecule has 2 heterocycles. The molecule has 0 saturated carbocycles. The number of aromatic nitrogens is 2. The number of nitrogens with zero attached hydrogens (tertiary/aromatic N) is 3. The van der Waals surface area contributed by atoms with Gasteiger partial charge in [-0.25, -0.2) is 0 Å². The average Bonchev–Trinajstić information content (AvgIpc) is 3.26. The molecule has 2 aromatic heterocycles. The zero-order chi connectivity index (χ0) is 16.1. The van der Waals surface area contributed by atoms with Crippen molar-refractivity contribution in [2.45, 2.75) is 6.54 Å². The van der Waals surface area contributed by atoms with Gasteiger partial charge in [-0.15, -0.1) is 17.9 Å². The lowest BCUT2D eigenvalue weighted by atomic mass is 10.2.